The molecule has 2 amide bonds. The molecule has 0 bridgehead atoms. The fraction of sp³-hybridized carbons (Fsp3) is 0.320. The van der Waals surface area contributed by atoms with E-state index >= 15 is 0 Å². The first-order valence-corrected chi connectivity index (χ1v) is 12.8. The molecular formula is C25H24Cl2FN3O3S. The van der Waals surface area contributed by atoms with Gasteiger partial charge in [0.15, 0.2) is 5.69 Å². The van der Waals surface area contributed by atoms with Crippen molar-refractivity contribution in [3.05, 3.63) is 75.0 Å². The van der Waals surface area contributed by atoms with Crippen LogP contribution >= 0.6 is 34.7 Å². The zero-order chi connectivity index (χ0) is 24.9. The fourth-order valence-electron chi connectivity index (χ4n) is 4.22. The van der Waals surface area contributed by atoms with Gasteiger partial charge in [0, 0.05) is 11.7 Å². The molecule has 10 heteroatoms. The molecule has 1 aromatic heterocycles. The maximum absolute atomic E-state index is 13.9. The Hall–Kier alpha value is -2.68. The second kappa shape index (κ2) is 11.4. The standard InChI is InChI=1S/C25H24Cl2FN3O3S/c1-34-19-13-11-18(12-14-19)31(25(33)21-20(26)23(27)35-30-21)22(15-7-9-16(28)10-8-15)24(32)29-17-5-3-2-4-6-17/h7-14,17,22H,2-6H2,1H3,(H,29,32)/t22-/m0/s1. The summed E-state index contributed by atoms with van der Waals surface area (Å²) in [6, 6.07) is 11.1. The van der Waals surface area contributed by atoms with Crippen LogP contribution in [0.4, 0.5) is 10.1 Å². The van der Waals surface area contributed by atoms with E-state index in [2.05, 4.69) is 9.69 Å². The van der Waals surface area contributed by atoms with E-state index in [1.54, 1.807) is 24.3 Å². The van der Waals surface area contributed by atoms with Crippen LogP contribution in [0.3, 0.4) is 0 Å². The van der Waals surface area contributed by atoms with Crippen molar-refractivity contribution in [2.24, 2.45) is 0 Å². The van der Waals surface area contributed by atoms with Gasteiger partial charge in [-0.1, -0.05) is 54.6 Å². The topological polar surface area (TPSA) is 71.5 Å². The average molecular weight is 536 g/mol. The van der Waals surface area contributed by atoms with E-state index in [-0.39, 0.29) is 27.0 Å². The summed E-state index contributed by atoms with van der Waals surface area (Å²) in [6.45, 7) is 0. The molecule has 184 valence electrons. The maximum atomic E-state index is 13.9. The van der Waals surface area contributed by atoms with Crippen LogP contribution in [0.5, 0.6) is 5.75 Å². The van der Waals surface area contributed by atoms with Crippen LogP contribution < -0.4 is 15.0 Å². The van der Waals surface area contributed by atoms with E-state index in [1.807, 2.05) is 0 Å². The first kappa shape index (κ1) is 25.4. The molecule has 1 aliphatic rings. The van der Waals surface area contributed by atoms with Crippen molar-refractivity contribution in [1.29, 1.82) is 0 Å². The Kier molecular flexibility index (Phi) is 8.26. The Balaban J connectivity index is 1.81. The van der Waals surface area contributed by atoms with Gasteiger partial charge < -0.3 is 10.1 Å². The highest BCUT2D eigenvalue weighted by Gasteiger charge is 2.36. The van der Waals surface area contributed by atoms with Crippen molar-refractivity contribution in [3.8, 4) is 5.75 Å². The quantitative estimate of drug-likeness (QED) is 0.378. The van der Waals surface area contributed by atoms with Crippen LogP contribution in [-0.4, -0.2) is 29.3 Å². The molecule has 1 atom stereocenters. The minimum absolute atomic E-state index is 0.00400. The Bertz CT molecular complexity index is 1180. The van der Waals surface area contributed by atoms with Crippen molar-refractivity contribution < 1.29 is 18.7 Å². The number of ether oxygens (including phenoxy) is 1. The monoisotopic (exact) mass is 535 g/mol. The van der Waals surface area contributed by atoms with Crippen LogP contribution in [0.15, 0.2) is 48.5 Å². The molecule has 35 heavy (non-hydrogen) atoms. The SMILES string of the molecule is COc1ccc(N(C(=O)c2nsc(Cl)c2Cl)[C@H](C(=O)NC2CCCCC2)c2ccc(F)cc2)cc1. The molecule has 0 saturated heterocycles. The second-order valence-electron chi connectivity index (χ2n) is 8.29. The molecule has 1 aliphatic carbocycles. The lowest BCUT2D eigenvalue weighted by atomic mass is 9.94. The minimum atomic E-state index is -1.10. The molecule has 2 aromatic carbocycles. The first-order valence-electron chi connectivity index (χ1n) is 11.2. The Labute approximate surface area is 217 Å². The number of methoxy groups -OCH3 is 1. The summed E-state index contributed by atoms with van der Waals surface area (Å²) < 4.78 is 23.3. The minimum Gasteiger partial charge on any atom is -0.497 e. The molecular weight excluding hydrogens is 512 g/mol. The van der Waals surface area contributed by atoms with Gasteiger partial charge in [0.25, 0.3) is 5.91 Å². The van der Waals surface area contributed by atoms with E-state index in [0.717, 1.165) is 43.6 Å². The van der Waals surface area contributed by atoms with Gasteiger partial charge in [0.2, 0.25) is 5.91 Å². The van der Waals surface area contributed by atoms with E-state index in [9.17, 15) is 14.0 Å². The van der Waals surface area contributed by atoms with Gasteiger partial charge in [-0.2, -0.15) is 4.37 Å². The van der Waals surface area contributed by atoms with Gasteiger partial charge in [-0.15, -0.1) is 0 Å². The van der Waals surface area contributed by atoms with Gasteiger partial charge in [0.1, 0.15) is 27.0 Å². The molecule has 0 unspecified atom stereocenters. The number of carbonyl (C=O) groups excluding carboxylic acids is 2. The lowest BCUT2D eigenvalue weighted by Crippen LogP contribution is -2.47. The van der Waals surface area contributed by atoms with Gasteiger partial charge in [-0.3, -0.25) is 14.5 Å². The lowest BCUT2D eigenvalue weighted by molar-refractivity contribution is -0.123. The lowest BCUT2D eigenvalue weighted by Gasteiger charge is -2.33. The van der Waals surface area contributed by atoms with Crippen molar-refractivity contribution >= 4 is 52.2 Å². The van der Waals surface area contributed by atoms with Crippen molar-refractivity contribution in [3.63, 3.8) is 0 Å². The number of halogens is 3. The normalized spacial score (nSPS) is 14.9. The zero-order valence-electron chi connectivity index (χ0n) is 19.0. The number of aromatic nitrogens is 1. The zero-order valence-corrected chi connectivity index (χ0v) is 21.3. The van der Waals surface area contributed by atoms with E-state index in [4.69, 9.17) is 27.9 Å². The predicted molar refractivity (Wildman–Crippen MR) is 136 cm³/mol. The highest BCUT2D eigenvalue weighted by atomic mass is 35.5. The summed E-state index contributed by atoms with van der Waals surface area (Å²) >= 11 is 13.3. The number of nitrogens with zero attached hydrogens (tertiary/aromatic N) is 2. The number of anilines is 1. The summed E-state index contributed by atoms with van der Waals surface area (Å²) in [5.74, 6) is -0.834. The summed E-state index contributed by atoms with van der Waals surface area (Å²) in [5, 5.41) is 3.12. The van der Waals surface area contributed by atoms with Gasteiger partial charge >= 0.3 is 0 Å². The van der Waals surface area contributed by atoms with Crippen LogP contribution in [0.2, 0.25) is 9.36 Å². The number of hydrogen-bond donors (Lipinski definition) is 1. The largest absolute Gasteiger partial charge is 0.497 e. The Morgan fingerprint density at radius 3 is 2.31 bits per heavy atom. The number of rotatable bonds is 7. The summed E-state index contributed by atoms with van der Waals surface area (Å²) in [7, 11) is 1.54. The van der Waals surface area contributed by atoms with E-state index in [0.29, 0.717) is 17.0 Å². The number of amides is 2. The van der Waals surface area contributed by atoms with Crippen LogP contribution in [0, 0.1) is 5.82 Å². The number of carbonyl (C=O) groups is 2. The van der Waals surface area contributed by atoms with Gasteiger partial charge in [0.05, 0.1) is 7.11 Å². The third kappa shape index (κ3) is 5.77. The summed E-state index contributed by atoms with van der Waals surface area (Å²) in [6.07, 6.45) is 4.92. The third-order valence-electron chi connectivity index (χ3n) is 6.01. The molecule has 1 heterocycles. The second-order valence-corrected chi connectivity index (χ2v) is 10.0. The highest BCUT2D eigenvalue weighted by Crippen LogP contribution is 2.36. The van der Waals surface area contributed by atoms with Crippen LogP contribution in [0.1, 0.15) is 54.2 Å². The predicted octanol–water partition coefficient (Wildman–Crippen LogP) is 6.43. The smallest absolute Gasteiger partial charge is 0.280 e. The van der Waals surface area contributed by atoms with Crippen molar-refractivity contribution in [2.75, 3.05) is 12.0 Å². The van der Waals surface area contributed by atoms with E-state index < -0.39 is 17.8 Å². The average Bonchev–Trinajstić information content (AvgIpc) is 3.21. The van der Waals surface area contributed by atoms with Crippen LogP contribution in [-0.2, 0) is 4.79 Å². The first-order chi connectivity index (χ1) is 16.9. The Morgan fingerprint density at radius 1 is 1.09 bits per heavy atom. The number of hydrogen-bond acceptors (Lipinski definition) is 5. The van der Waals surface area contributed by atoms with E-state index in [1.165, 1.54) is 36.3 Å². The molecule has 3 aromatic rings. The molecule has 6 nitrogen and oxygen atoms in total. The Morgan fingerprint density at radius 2 is 1.74 bits per heavy atom. The molecule has 1 fully saturated rings. The molecule has 0 radical (unpaired) electrons. The summed E-state index contributed by atoms with van der Waals surface area (Å²) in [5.41, 5.74) is 0.806. The summed E-state index contributed by atoms with van der Waals surface area (Å²) in [4.78, 5) is 28.9. The highest BCUT2D eigenvalue weighted by molar-refractivity contribution is 7.11. The number of nitrogens with one attached hydrogen (secondary N) is 1. The maximum Gasteiger partial charge on any atom is 0.280 e. The molecule has 4 rings (SSSR count). The van der Waals surface area contributed by atoms with Gasteiger partial charge in [-0.05, 0) is 66.3 Å². The molecule has 1 saturated carbocycles. The van der Waals surface area contributed by atoms with Crippen molar-refractivity contribution in [2.45, 2.75) is 44.2 Å². The molecule has 0 aliphatic heterocycles. The fourth-order valence-corrected chi connectivity index (χ4v) is 5.21. The number of benzene rings is 2. The van der Waals surface area contributed by atoms with Crippen LogP contribution in [0.25, 0.3) is 0 Å². The molecule has 0 spiro atoms. The molecule has 1 N–H and O–H groups in total. The van der Waals surface area contributed by atoms with Crippen molar-refractivity contribution in [1.82, 2.24) is 9.69 Å². The van der Waals surface area contributed by atoms with Gasteiger partial charge in [-0.25, -0.2) is 4.39 Å². The third-order valence-corrected chi connectivity index (χ3v) is 7.62.